The second-order valence-corrected chi connectivity index (χ2v) is 6.60. The second kappa shape index (κ2) is 8.85. The number of para-hydroxylation sites is 1. The number of likely N-dealkylation sites (N-methyl/N-ethyl adjacent to an activating group) is 1. The quantitative estimate of drug-likeness (QED) is 0.572. The van der Waals surface area contributed by atoms with Gasteiger partial charge < -0.3 is 9.64 Å². The van der Waals surface area contributed by atoms with Gasteiger partial charge in [-0.15, -0.1) is 0 Å². The van der Waals surface area contributed by atoms with Gasteiger partial charge in [-0.2, -0.15) is 0 Å². The third-order valence-corrected chi connectivity index (χ3v) is 4.86. The number of amides is 1. The zero-order valence-electron chi connectivity index (χ0n) is 15.8. The van der Waals surface area contributed by atoms with Crippen molar-refractivity contribution in [1.29, 1.82) is 0 Å². The standard InChI is InChI=1S/C22H21ClN2O3/c1-3-25(4-2)21(26)14-28-22(27)17-13-20(16-10-5-7-11-18(16)23)24-19-12-8-6-9-15(17)19/h5-13H,3-4,14H2,1-2H3. The van der Waals surface area contributed by atoms with Gasteiger partial charge in [-0.3, -0.25) is 4.79 Å². The monoisotopic (exact) mass is 396 g/mol. The van der Waals surface area contributed by atoms with Gasteiger partial charge in [0.1, 0.15) is 0 Å². The summed E-state index contributed by atoms with van der Waals surface area (Å²) in [5.41, 5.74) is 2.31. The Labute approximate surface area is 168 Å². The van der Waals surface area contributed by atoms with Crippen molar-refractivity contribution < 1.29 is 14.3 Å². The van der Waals surface area contributed by atoms with Crippen LogP contribution >= 0.6 is 11.6 Å². The number of aromatic nitrogens is 1. The summed E-state index contributed by atoms with van der Waals surface area (Å²) in [6, 6.07) is 16.3. The van der Waals surface area contributed by atoms with Crippen molar-refractivity contribution in [3.05, 3.63) is 65.2 Å². The summed E-state index contributed by atoms with van der Waals surface area (Å²) < 4.78 is 5.31. The van der Waals surface area contributed by atoms with Crippen molar-refractivity contribution in [2.45, 2.75) is 13.8 Å². The Hall–Kier alpha value is -2.92. The molecular weight excluding hydrogens is 376 g/mol. The minimum atomic E-state index is -0.563. The highest BCUT2D eigenvalue weighted by molar-refractivity contribution is 6.33. The minimum absolute atomic E-state index is 0.219. The van der Waals surface area contributed by atoms with Crippen molar-refractivity contribution in [2.75, 3.05) is 19.7 Å². The van der Waals surface area contributed by atoms with Gasteiger partial charge in [0, 0.05) is 29.1 Å². The Balaban J connectivity index is 1.96. The number of halogens is 1. The Morgan fingerprint density at radius 3 is 2.43 bits per heavy atom. The van der Waals surface area contributed by atoms with Gasteiger partial charge in [-0.25, -0.2) is 9.78 Å². The first kappa shape index (κ1) is 19.8. The third-order valence-electron chi connectivity index (χ3n) is 4.53. The van der Waals surface area contributed by atoms with Gasteiger partial charge in [-0.05, 0) is 32.0 Å². The molecule has 0 spiro atoms. The summed E-state index contributed by atoms with van der Waals surface area (Å²) in [5, 5.41) is 1.21. The molecule has 0 aliphatic heterocycles. The molecule has 0 unspecified atom stereocenters. The topological polar surface area (TPSA) is 59.5 Å². The molecule has 3 aromatic rings. The molecule has 0 N–H and O–H groups in total. The van der Waals surface area contributed by atoms with E-state index in [1.807, 2.05) is 56.3 Å². The van der Waals surface area contributed by atoms with E-state index in [-0.39, 0.29) is 12.5 Å². The first-order chi connectivity index (χ1) is 13.5. The number of pyridine rings is 1. The van der Waals surface area contributed by atoms with E-state index in [4.69, 9.17) is 16.3 Å². The zero-order chi connectivity index (χ0) is 20.1. The second-order valence-electron chi connectivity index (χ2n) is 6.19. The highest BCUT2D eigenvalue weighted by atomic mass is 35.5. The molecule has 1 aromatic heterocycles. The maximum absolute atomic E-state index is 12.8. The number of carbonyl (C=O) groups excluding carboxylic acids is 2. The zero-order valence-corrected chi connectivity index (χ0v) is 16.6. The van der Waals surface area contributed by atoms with Crippen LogP contribution in [0.3, 0.4) is 0 Å². The van der Waals surface area contributed by atoms with Crippen LogP contribution in [-0.2, 0) is 9.53 Å². The fourth-order valence-electron chi connectivity index (χ4n) is 3.02. The van der Waals surface area contributed by atoms with Gasteiger partial charge in [-0.1, -0.05) is 48.0 Å². The summed E-state index contributed by atoms with van der Waals surface area (Å²) in [5.74, 6) is -0.782. The summed E-state index contributed by atoms with van der Waals surface area (Å²) in [6.45, 7) is 4.62. The largest absolute Gasteiger partial charge is 0.452 e. The van der Waals surface area contributed by atoms with Crippen LogP contribution < -0.4 is 0 Å². The van der Waals surface area contributed by atoms with E-state index in [1.165, 1.54) is 0 Å². The molecule has 1 heterocycles. The molecule has 0 saturated carbocycles. The van der Waals surface area contributed by atoms with E-state index in [0.29, 0.717) is 40.3 Å². The van der Waals surface area contributed by atoms with Gasteiger partial charge in [0.2, 0.25) is 0 Å². The van der Waals surface area contributed by atoms with E-state index in [1.54, 1.807) is 17.0 Å². The summed E-state index contributed by atoms with van der Waals surface area (Å²) in [4.78, 5) is 31.2. The van der Waals surface area contributed by atoms with E-state index < -0.39 is 5.97 Å². The van der Waals surface area contributed by atoms with Crippen LogP contribution in [0.15, 0.2) is 54.6 Å². The van der Waals surface area contributed by atoms with Crippen molar-refractivity contribution in [3.63, 3.8) is 0 Å². The molecule has 0 aliphatic carbocycles. The lowest BCUT2D eigenvalue weighted by molar-refractivity contribution is -0.134. The van der Waals surface area contributed by atoms with Gasteiger partial charge >= 0.3 is 5.97 Å². The number of fused-ring (bicyclic) bond motifs is 1. The van der Waals surface area contributed by atoms with Crippen LogP contribution in [0.4, 0.5) is 0 Å². The van der Waals surface area contributed by atoms with E-state index in [2.05, 4.69) is 4.98 Å². The van der Waals surface area contributed by atoms with Gasteiger partial charge in [0.25, 0.3) is 5.91 Å². The number of carbonyl (C=O) groups is 2. The van der Waals surface area contributed by atoms with Crippen molar-refractivity contribution in [2.24, 2.45) is 0 Å². The molecule has 5 nitrogen and oxygen atoms in total. The average molecular weight is 397 g/mol. The van der Waals surface area contributed by atoms with E-state index in [9.17, 15) is 9.59 Å². The molecule has 28 heavy (non-hydrogen) atoms. The lowest BCUT2D eigenvalue weighted by Crippen LogP contribution is -2.34. The van der Waals surface area contributed by atoms with E-state index in [0.717, 1.165) is 5.56 Å². The molecule has 0 fully saturated rings. The van der Waals surface area contributed by atoms with Crippen LogP contribution in [-0.4, -0.2) is 41.5 Å². The molecule has 6 heteroatoms. The average Bonchev–Trinajstić information content (AvgIpc) is 2.72. The molecule has 0 atom stereocenters. The Morgan fingerprint density at radius 2 is 1.71 bits per heavy atom. The van der Waals surface area contributed by atoms with Crippen LogP contribution in [0, 0.1) is 0 Å². The molecule has 0 bridgehead atoms. The fourth-order valence-corrected chi connectivity index (χ4v) is 3.26. The number of rotatable bonds is 6. The lowest BCUT2D eigenvalue weighted by Gasteiger charge is -2.18. The molecule has 1 amide bonds. The molecular formula is C22H21ClN2O3. The normalized spacial score (nSPS) is 10.7. The molecule has 0 saturated heterocycles. The Kier molecular flexibility index (Phi) is 6.26. The predicted molar refractivity (Wildman–Crippen MR) is 110 cm³/mol. The van der Waals surface area contributed by atoms with Crippen LogP contribution in [0.2, 0.25) is 5.02 Å². The van der Waals surface area contributed by atoms with Crippen molar-refractivity contribution >= 4 is 34.4 Å². The number of esters is 1. The van der Waals surface area contributed by atoms with Crippen LogP contribution in [0.1, 0.15) is 24.2 Å². The maximum atomic E-state index is 12.8. The van der Waals surface area contributed by atoms with Gasteiger partial charge in [0.15, 0.2) is 6.61 Å². The number of ether oxygens (including phenoxy) is 1. The lowest BCUT2D eigenvalue weighted by atomic mass is 10.0. The summed E-state index contributed by atoms with van der Waals surface area (Å²) in [7, 11) is 0. The first-order valence-electron chi connectivity index (χ1n) is 9.14. The molecule has 0 aliphatic rings. The summed E-state index contributed by atoms with van der Waals surface area (Å²) >= 11 is 6.31. The number of nitrogens with zero attached hydrogens (tertiary/aromatic N) is 2. The Bertz CT molecular complexity index is 1020. The third kappa shape index (κ3) is 4.15. The maximum Gasteiger partial charge on any atom is 0.339 e. The van der Waals surface area contributed by atoms with E-state index >= 15 is 0 Å². The highest BCUT2D eigenvalue weighted by Crippen LogP contribution is 2.30. The SMILES string of the molecule is CCN(CC)C(=O)COC(=O)c1cc(-c2ccccc2Cl)nc2ccccc12. The Morgan fingerprint density at radius 1 is 1.04 bits per heavy atom. The molecule has 144 valence electrons. The number of benzene rings is 2. The van der Waals surface area contributed by atoms with Crippen molar-refractivity contribution in [1.82, 2.24) is 9.88 Å². The minimum Gasteiger partial charge on any atom is -0.452 e. The summed E-state index contributed by atoms with van der Waals surface area (Å²) in [6.07, 6.45) is 0. The van der Waals surface area contributed by atoms with Crippen molar-refractivity contribution in [3.8, 4) is 11.3 Å². The number of hydrogen-bond acceptors (Lipinski definition) is 4. The van der Waals surface area contributed by atoms with Gasteiger partial charge in [0.05, 0.1) is 16.8 Å². The molecule has 2 aromatic carbocycles. The fraction of sp³-hybridized carbons (Fsp3) is 0.227. The first-order valence-corrected chi connectivity index (χ1v) is 9.52. The molecule has 3 rings (SSSR count). The highest BCUT2D eigenvalue weighted by Gasteiger charge is 2.18. The molecule has 0 radical (unpaired) electrons. The van der Waals surface area contributed by atoms with Crippen LogP contribution in [0.5, 0.6) is 0 Å². The predicted octanol–water partition coefficient (Wildman–Crippen LogP) is 4.58. The smallest absolute Gasteiger partial charge is 0.339 e. The van der Waals surface area contributed by atoms with Crippen LogP contribution in [0.25, 0.3) is 22.2 Å². The number of hydrogen-bond donors (Lipinski definition) is 0.